The van der Waals surface area contributed by atoms with Crippen LogP contribution < -0.4 is 10.4 Å². The van der Waals surface area contributed by atoms with Gasteiger partial charge < -0.3 is 34.2 Å². The lowest BCUT2D eigenvalue weighted by Gasteiger charge is -2.49. The first kappa shape index (κ1) is 24.3. The van der Waals surface area contributed by atoms with Crippen LogP contribution in [0.2, 0.25) is 0 Å². The Morgan fingerprint density at radius 1 is 1.39 bits per heavy atom. The molecule has 0 radical (unpaired) electrons. The number of aliphatic carboxylic acids is 1. The van der Waals surface area contributed by atoms with Crippen LogP contribution in [0.25, 0.3) is 0 Å². The van der Waals surface area contributed by atoms with Crippen LogP contribution in [0.3, 0.4) is 0 Å². The Morgan fingerprint density at radius 2 is 2.12 bits per heavy atom. The molecule has 3 amide bonds. The Morgan fingerprint density at radius 3 is 2.70 bits per heavy atom. The van der Waals surface area contributed by atoms with Gasteiger partial charge in [0.05, 0.1) is 6.26 Å². The summed E-state index contributed by atoms with van der Waals surface area (Å²) in [4.78, 5) is 71.5. The number of amides is 3. The minimum absolute atomic E-state index is 0.00282. The number of carboxylic acids is 1. The van der Waals surface area contributed by atoms with Crippen molar-refractivity contribution < 1.29 is 52.6 Å². The van der Waals surface area contributed by atoms with Crippen LogP contribution in [-0.4, -0.2) is 80.3 Å². The van der Waals surface area contributed by atoms with E-state index in [1.165, 1.54) is 30.6 Å². The summed E-state index contributed by atoms with van der Waals surface area (Å²) in [5.74, 6) is -2.90. The number of hydrogen-bond acceptors (Lipinski definition) is 10. The van der Waals surface area contributed by atoms with E-state index in [2.05, 4.69) is 20.0 Å². The van der Waals surface area contributed by atoms with Gasteiger partial charge in [0.15, 0.2) is 5.76 Å². The van der Waals surface area contributed by atoms with Crippen molar-refractivity contribution in [2.45, 2.75) is 11.4 Å². The lowest BCUT2D eigenvalue weighted by atomic mass is 10.0. The molecule has 5 N–H and O–H groups in total. The van der Waals surface area contributed by atoms with E-state index in [4.69, 9.17) is 14.2 Å². The predicted molar refractivity (Wildman–Crippen MR) is 108 cm³/mol. The Labute approximate surface area is 189 Å². The zero-order valence-corrected chi connectivity index (χ0v) is 18.4. The maximum atomic E-state index is 12.7. The van der Waals surface area contributed by atoms with E-state index in [0.29, 0.717) is 0 Å². The minimum atomic E-state index is -4.89. The van der Waals surface area contributed by atoms with Crippen molar-refractivity contribution in [3.05, 3.63) is 35.4 Å². The summed E-state index contributed by atoms with van der Waals surface area (Å²) in [5, 5.41) is 16.2. The molecule has 3 heterocycles. The monoisotopic (exact) mass is 504 g/mol. The maximum Gasteiger partial charge on any atom is 0.432 e. The van der Waals surface area contributed by atoms with Gasteiger partial charge >= 0.3 is 19.8 Å². The molecule has 33 heavy (non-hydrogen) atoms. The molecule has 15 nitrogen and oxygen atoms in total. The molecule has 0 bridgehead atoms. The first-order valence-electron chi connectivity index (χ1n) is 8.90. The highest BCUT2D eigenvalue weighted by atomic mass is 32.2. The van der Waals surface area contributed by atoms with E-state index in [9.17, 15) is 28.8 Å². The molecule has 2 aliphatic heterocycles. The first-order chi connectivity index (χ1) is 15.5. The van der Waals surface area contributed by atoms with Crippen molar-refractivity contribution in [3.8, 4) is 0 Å². The normalized spacial score (nSPS) is 20.5. The Kier molecular flexibility index (Phi) is 7.12. The number of carboxylic acid groups (broad SMARTS) is 1. The van der Waals surface area contributed by atoms with Crippen molar-refractivity contribution in [1.29, 1.82) is 0 Å². The van der Waals surface area contributed by atoms with E-state index >= 15 is 0 Å². The van der Waals surface area contributed by atoms with Gasteiger partial charge in [-0.1, -0.05) is 5.16 Å². The Hall–Kier alpha value is -3.33. The fourth-order valence-corrected chi connectivity index (χ4v) is 4.64. The second-order valence-electron chi connectivity index (χ2n) is 6.45. The molecule has 17 heteroatoms. The SMILES string of the molecule is CON=C(C(=O)N[C@@H]1C(=O)N2C(C(=O)O)=C(COC(=O)NP(=O)(O)O)CS[C@H]12)c1ccco1. The number of furan rings is 1. The van der Waals surface area contributed by atoms with Crippen LogP contribution in [0, 0.1) is 0 Å². The Balaban J connectivity index is 1.72. The number of ether oxygens (including phenoxy) is 1. The van der Waals surface area contributed by atoms with Gasteiger partial charge in [-0.3, -0.25) is 14.5 Å². The molecule has 1 aromatic rings. The van der Waals surface area contributed by atoms with Gasteiger partial charge in [-0.25, -0.2) is 19.2 Å². The molecule has 1 fully saturated rings. The van der Waals surface area contributed by atoms with Crippen LogP contribution in [0.15, 0.2) is 39.2 Å². The fraction of sp³-hybridized carbons (Fsp3) is 0.312. The summed E-state index contributed by atoms with van der Waals surface area (Å²) in [5.41, 5.74) is -0.649. The van der Waals surface area contributed by atoms with Gasteiger partial charge in [0, 0.05) is 11.3 Å². The van der Waals surface area contributed by atoms with Gasteiger partial charge in [-0.2, -0.15) is 0 Å². The molecule has 0 aromatic carbocycles. The van der Waals surface area contributed by atoms with Gasteiger partial charge in [0.1, 0.15) is 30.8 Å². The van der Waals surface area contributed by atoms with Crippen LogP contribution in [0.4, 0.5) is 4.79 Å². The average Bonchev–Trinajstić information content (AvgIpc) is 3.26. The lowest BCUT2D eigenvalue weighted by Crippen LogP contribution is -2.71. The minimum Gasteiger partial charge on any atom is -0.477 e. The quantitative estimate of drug-likeness (QED) is 0.127. The smallest absolute Gasteiger partial charge is 0.432 e. The average molecular weight is 504 g/mol. The van der Waals surface area contributed by atoms with Gasteiger partial charge in [0.2, 0.25) is 5.71 Å². The van der Waals surface area contributed by atoms with Gasteiger partial charge in [-0.15, -0.1) is 11.8 Å². The summed E-state index contributed by atoms with van der Waals surface area (Å²) in [6.07, 6.45) is -0.148. The second kappa shape index (κ2) is 9.66. The van der Waals surface area contributed by atoms with Crippen LogP contribution in [0.5, 0.6) is 0 Å². The molecule has 178 valence electrons. The first-order valence-corrected chi connectivity index (χ1v) is 11.6. The number of thioether (sulfide) groups is 1. The van der Waals surface area contributed by atoms with E-state index in [-0.39, 0.29) is 22.8 Å². The zero-order chi connectivity index (χ0) is 24.3. The molecule has 2 atom stereocenters. The third-order valence-corrected chi connectivity index (χ3v) is 6.12. The van der Waals surface area contributed by atoms with Crippen LogP contribution in [-0.2, 0) is 28.5 Å². The molecule has 0 spiro atoms. The summed E-state index contributed by atoms with van der Waals surface area (Å²) in [7, 11) is -3.67. The summed E-state index contributed by atoms with van der Waals surface area (Å²) in [6.45, 7) is -0.628. The second-order valence-corrected chi connectivity index (χ2v) is 8.87. The summed E-state index contributed by atoms with van der Waals surface area (Å²) < 4.78 is 20.5. The predicted octanol–water partition coefficient (Wildman–Crippen LogP) is -0.812. The Bertz CT molecular complexity index is 1080. The molecule has 0 unspecified atom stereocenters. The topological polar surface area (TPSA) is 217 Å². The molecule has 0 saturated carbocycles. The van der Waals surface area contributed by atoms with Gasteiger partial charge in [0.25, 0.3) is 11.8 Å². The van der Waals surface area contributed by atoms with E-state index in [1.54, 1.807) is 0 Å². The number of carbonyl (C=O) groups excluding carboxylic acids is 3. The summed E-state index contributed by atoms with van der Waals surface area (Å²) >= 11 is 1.09. The highest BCUT2D eigenvalue weighted by molar-refractivity contribution is 8.00. The maximum absolute atomic E-state index is 12.7. The van der Waals surface area contributed by atoms with Crippen molar-refractivity contribution in [3.63, 3.8) is 0 Å². The molecule has 1 aromatic heterocycles. The zero-order valence-electron chi connectivity index (χ0n) is 16.7. The number of oxime groups is 1. The van der Waals surface area contributed by atoms with Crippen LogP contribution >= 0.6 is 19.5 Å². The number of β-lactam (4-membered cyclic amide) rings is 1. The van der Waals surface area contributed by atoms with Crippen molar-refractivity contribution in [1.82, 2.24) is 15.3 Å². The van der Waals surface area contributed by atoms with E-state index < -0.39 is 55.3 Å². The number of carbonyl (C=O) groups is 4. The summed E-state index contributed by atoms with van der Waals surface area (Å²) in [6, 6.07) is 1.91. The number of rotatable bonds is 8. The largest absolute Gasteiger partial charge is 0.477 e. The third kappa shape index (κ3) is 5.36. The van der Waals surface area contributed by atoms with Crippen molar-refractivity contribution >= 4 is 49.1 Å². The van der Waals surface area contributed by atoms with E-state index in [0.717, 1.165) is 16.7 Å². The van der Waals surface area contributed by atoms with Crippen LogP contribution in [0.1, 0.15) is 5.76 Å². The molecule has 1 saturated heterocycles. The molecule has 0 aliphatic carbocycles. The highest BCUT2D eigenvalue weighted by Gasteiger charge is 2.54. The standard InChI is InChI=1S/C16H17N4O11PS/c1-29-18-9(8-3-2-4-30-8)12(21)17-10-13(22)20-11(15(23)24)7(6-33-14(10)20)5-31-16(25)19-32(26,27)28/h2-4,10,14H,5-6H2,1H3,(H,17,21)(H,23,24)(H3,19,25,26,27,28)/t10-,14-/m1/s1. The molecular formula is C16H17N4O11PS. The van der Waals surface area contributed by atoms with Crippen molar-refractivity contribution in [2.24, 2.45) is 5.16 Å². The third-order valence-electron chi connectivity index (χ3n) is 4.30. The molecular weight excluding hydrogens is 487 g/mol. The number of hydrogen-bond donors (Lipinski definition) is 5. The van der Waals surface area contributed by atoms with Crippen molar-refractivity contribution in [2.75, 3.05) is 19.5 Å². The lowest BCUT2D eigenvalue weighted by molar-refractivity contribution is -0.150. The van der Waals surface area contributed by atoms with Gasteiger partial charge in [-0.05, 0) is 12.1 Å². The fourth-order valence-electron chi connectivity index (χ4n) is 3.01. The van der Waals surface area contributed by atoms with E-state index in [1.807, 2.05) is 0 Å². The highest BCUT2D eigenvalue weighted by Crippen LogP contribution is 2.40. The molecule has 2 aliphatic rings. The number of nitrogens with zero attached hydrogens (tertiary/aromatic N) is 2. The molecule has 3 rings (SSSR count). The number of nitrogens with one attached hydrogen (secondary N) is 2. The number of fused-ring (bicyclic) bond motifs is 1.